The lowest BCUT2D eigenvalue weighted by atomic mass is 10.1. The summed E-state index contributed by atoms with van der Waals surface area (Å²) in [5.41, 5.74) is 5.00. The summed E-state index contributed by atoms with van der Waals surface area (Å²) in [4.78, 5) is 11.7. The van der Waals surface area contributed by atoms with Crippen LogP contribution in [0.1, 0.15) is 34.6 Å². The Labute approximate surface area is 97.7 Å². The number of carbonyl (C=O) groups excluding carboxylic acids is 1. The Morgan fingerprint density at radius 2 is 1.75 bits per heavy atom. The third-order valence-electron chi connectivity index (χ3n) is 1.90. The molecule has 0 bridgehead atoms. The van der Waals surface area contributed by atoms with Crippen LogP contribution in [-0.2, 0) is 14.6 Å². The van der Waals surface area contributed by atoms with E-state index in [1.165, 1.54) is 6.92 Å². The van der Waals surface area contributed by atoms with Crippen LogP contribution in [-0.4, -0.2) is 36.9 Å². The number of carbonyl (C=O) groups is 1. The second-order valence-corrected chi connectivity index (χ2v) is 7.55. The molecule has 0 aromatic carbocycles. The van der Waals surface area contributed by atoms with Crippen LogP contribution >= 0.6 is 0 Å². The molecule has 2 unspecified atom stereocenters. The molecule has 3 N–H and O–H groups in total. The van der Waals surface area contributed by atoms with E-state index in [1.54, 1.807) is 27.7 Å². The fraction of sp³-hybridized carbons (Fsp3) is 0.900. The molecule has 0 aliphatic heterocycles. The maximum absolute atomic E-state index is 11.7. The van der Waals surface area contributed by atoms with E-state index in [1.807, 2.05) is 0 Å². The first kappa shape index (κ1) is 15.4. The van der Waals surface area contributed by atoms with Crippen LogP contribution in [0.15, 0.2) is 0 Å². The van der Waals surface area contributed by atoms with Gasteiger partial charge in [-0.05, 0) is 34.6 Å². The van der Waals surface area contributed by atoms with Gasteiger partial charge in [-0.25, -0.2) is 8.42 Å². The molecular weight excluding hydrogens is 228 g/mol. The van der Waals surface area contributed by atoms with Gasteiger partial charge in [0, 0.05) is 11.6 Å². The smallest absolute Gasteiger partial charge is 0.238 e. The zero-order chi connectivity index (χ0) is 13.1. The summed E-state index contributed by atoms with van der Waals surface area (Å²) in [6.07, 6.45) is 0. The van der Waals surface area contributed by atoms with Crippen molar-refractivity contribution < 1.29 is 13.2 Å². The number of hydrogen-bond acceptors (Lipinski definition) is 4. The molecule has 0 saturated heterocycles. The summed E-state index contributed by atoms with van der Waals surface area (Å²) < 4.78 is 23.5. The van der Waals surface area contributed by atoms with Crippen molar-refractivity contribution in [2.24, 2.45) is 5.73 Å². The van der Waals surface area contributed by atoms with E-state index in [0.717, 1.165) is 0 Å². The van der Waals surface area contributed by atoms with E-state index >= 15 is 0 Å². The van der Waals surface area contributed by atoms with Gasteiger partial charge in [0.25, 0.3) is 0 Å². The number of rotatable bonds is 4. The highest BCUT2D eigenvalue weighted by Gasteiger charge is 2.30. The van der Waals surface area contributed by atoms with Gasteiger partial charge in [-0.3, -0.25) is 4.79 Å². The van der Waals surface area contributed by atoms with E-state index in [2.05, 4.69) is 5.32 Å². The van der Waals surface area contributed by atoms with Crippen LogP contribution < -0.4 is 11.1 Å². The first-order valence-corrected chi connectivity index (χ1v) is 6.96. The van der Waals surface area contributed by atoms with Crippen LogP contribution in [0, 0.1) is 0 Å². The maximum Gasteiger partial charge on any atom is 0.238 e. The Morgan fingerprint density at radius 3 is 2.06 bits per heavy atom. The molecule has 2 atom stereocenters. The standard InChI is InChI=1S/C10H22N2O3S/c1-7(11)6-16(14,15)8(2)9(13)12-10(3,4)5/h7-8H,6,11H2,1-5H3,(H,12,13). The van der Waals surface area contributed by atoms with Gasteiger partial charge >= 0.3 is 0 Å². The van der Waals surface area contributed by atoms with Gasteiger partial charge in [0.1, 0.15) is 5.25 Å². The number of nitrogens with two attached hydrogens (primary N) is 1. The van der Waals surface area contributed by atoms with E-state index < -0.39 is 32.6 Å². The van der Waals surface area contributed by atoms with Gasteiger partial charge in [-0.2, -0.15) is 0 Å². The van der Waals surface area contributed by atoms with Gasteiger partial charge in [0.15, 0.2) is 9.84 Å². The minimum atomic E-state index is -3.47. The lowest BCUT2D eigenvalue weighted by Gasteiger charge is -2.23. The number of sulfone groups is 1. The summed E-state index contributed by atoms with van der Waals surface area (Å²) in [5.74, 6) is -0.653. The average molecular weight is 250 g/mol. The second-order valence-electron chi connectivity index (χ2n) is 5.19. The molecule has 96 valence electrons. The van der Waals surface area contributed by atoms with Crippen molar-refractivity contribution in [2.75, 3.05) is 5.75 Å². The van der Waals surface area contributed by atoms with Crippen molar-refractivity contribution in [3.8, 4) is 0 Å². The van der Waals surface area contributed by atoms with E-state index in [4.69, 9.17) is 5.73 Å². The minimum absolute atomic E-state index is 0.175. The SMILES string of the molecule is CC(N)CS(=O)(=O)C(C)C(=O)NC(C)(C)C. The Kier molecular flexibility index (Phi) is 4.94. The fourth-order valence-electron chi connectivity index (χ4n) is 1.15. The van der Waals surface area contributed by atoms with Gasteiger partial charge < -0.3 is 11.1 Å². The summed E-state index contributed by atoms with van der Waals surface area (Å²) >= 11 is 0. The first-order chi connectivity index (χ1) is 6.96. The minimum Gasteiger partial charge on any atom is -0.350 e. The molecule has 1 amide bonds. The molecule has 0 spiro atoms. The Bertz CT molecular complexity index is 342. The van der Waals surface area contributed by atoms with Crippen molar-refractivity contribution in [1.82, 2.24) is 5.32 Å². The third-order valence-corrected chi connectivity index (χ3v) is 4.18. The molecule has 0 heterocycles. The molecule has 0 radical (unpaired) electrons. The molecule has 0 fully saturated rings. The van der Waals surface area contributed by atoms with E-state index in [0.29, 0.717) is 0 Å². The lowest BCUT2D eigenvalue weighted by molar-refractivity contribution is -0.121. The average Bonchev–Trinajstić information content (AvgIpc) is 1.96. The Hall–Kier alpha value is -0.620. The van der Waals surface area contributed by atoms with E-state index in [-0.39, 0.29) is 5.75 Å². The normalized spacial score (nSPS) is 16.6. The molecule has 0 saturated carbocycles. The van der Waals surface area contributed by atoms with Gasteiger partial charge in [-0.1, -0.05) is 0 Å². The van der Waals surface area contributed by atoms with Crippen molar-refractivity contribution in [3.05, 3.63) is 0 Å². The molecule has 5 nitrogen and oxygen atoms in total. The van der Waals surface area contributed by atoms with Gasteiger partial charge in [0.2, 0.25) is 5.91 Å². The molecule has 0 aromatic heterocycles. The zero-order valence-electron chi connectivity index (χ0n) is 10.6. The molecular formula is C10H22N2O3S. The topological polar surface area (TPSA) is 89.3 Å². The van der Waals surface area contributed by atoms with Crippen LogP contribution in [0.2, 0.25) is 0 Å². The Morgan fingerprint density at radius 1 is 1.31 bits per heavy atom. The highest BCUT2D eigenvalue weighted by atomic mass is 32.2. The van der Waals surface area contributed by atoms with E-state index in [9.17, 15) is 13.2 Å². The maximum atomic E-state index is 11.7. The monoisotopic (exact) mass is 250 g/mol. The molecule has 0 aliphatic rings. The van der Waals surface area contributed by atoms with Crippen LogP contribution in [0.3, 0.4) is 0 Å². The largest absolute Gasteiger partial charge is 0.350 e. The molecule has 0 rings (SSSR count). The fourth-order valence-corrected chi connectivity index (χ4v) is 2.55. The molecule has 0 aliphatic carbocycles. The number of amides is 1. The van der Waals surface area contributed by atoms with Crippen molar-refractivity contribution in [2.45, 2.75) is 51.4 Å². The Balaban J connectivity index is 4.68. The number of nitrogens with one attached hydrogen (secondary N) is 1. The predicted octanol–water partition coefficient (Wildman–Crippen LogP) is 0.0516. The van der Waals surface area contributed by atoms with Crippen LogP contribution in [0.5, 0.6) is 0 Å². The zero-order valence-corrected chi connectivity index (χ0v) is 11.4. The van der Waals surface area contributed by atoms with Crippen LogP contribution in [0.25, 0.3) is 0 Å². The summed E-state index contributed by atoms with van der Waals surface area (Å²) in [6, 6.07) is -0.463. The third kappa shape index (κ3) is 5.46. The quantitative estimate of drug-likeness (QED) is 0.738. The summed E-state index contributed by atoms with van der Waals surface area (Å²) in [6.45, 7) is 8.39. The molecule has 0 aromatic rings. The van der Waals surface area contributed by atoms with Gasteiger partial charge in [0.05, 0.1) is 5.75 Å². The lowest BCUT2D eigenvalue weighted by Crippen LogP contribution is -2.48. The van der Waals surface area contributed by atoms with Crippen molar-refractivity contribution in [1.29, 1.82) is 0 Å². The number of hydrogen-bond donors (Lipinski definition) is 2. The molecule has 6 heteroatoms. The van der Waals surface area contributed by atoms with Crippen molar-refractivity contribution >= 4 is 15.7 Å². The first-order valence-electron chi connectivity index (χ1n) is 5.25. The van der Waals surface area contributed by atoms with Gasteiger partial charge in [-0.15, -0.1) is 0 Å². The summed E-state index contributed by atoms with van der Waals surface area (Å²) in [7, 11) is -3.47. The van der Waals surface area contributed by atoms with Crippen LogP contribution in [0.4, 0.5) is 0 Å². The molecule has 16 heavy (non-hydrogen) atoms. The van der Waals surface area contributed by atoms with Crippen molar-refractivity contribution in [3.63, 3.8) is 0 Å². The predicted molar refractivity (Wildman–Crippen MR) is 64.8 cm³/mol. The highest BCUT2D eigenvalue weighted by Crippen LogP contribution is 2.07. The highest BCUT2D eigenvalue weighted by molar-refractivity contribution is 7.92. The second kappa shape index (κ2) is 5.14. The summed E-state index contributed by atoms with van der Waals surface area (Å²) in [5, 5.41) is 1.58.